The number of ether oxygens (including phenoxy) is 1. The molecule has 1 nitrogen and oxygen atoms in total. The topological polar surface area (TPSA) is 9.23 Å². The van der Waals surface area contributed by atoms with Crippen molar-refractivity contribution in [1.29, 1.82) is 0 Å². The van der Waals surface area contributed by atoms with E-state index in [0.717, 1.165) is 76.9 Å². The third kappa shape index (κ3) is 7.83. The number of rotatable bonds is 11. The van der Waals surface area contributed by atoms with Crippen molar-refractivity contribution in [2.45, 2.75) is 205 Å². The standard InChI is InChI=1S/C43H78OSi/c1-31-29-39-35(33-19-11-9-12-20-33)23-17-25-37(39)41(31)45(6,28-16-8-7-15-27-44-43(3,4)5)42-32(2)30-40-36(24-18-26-38(40)42)34-21-13-10-14-22-34/h31-42H,7-30H2,1-6H3. The SMILES string of the molecule is CC1CC2C(C3CCCCC3)CCCC2C1[Si](C)(CCCCCCOC(C)(C)C)C1C(C)CC2C(C3CCCCC3)CCCC21. The molecule has 0 spiro atoms. The van der Waals surface area contributed by atoms with E-state index in [1.165, 1.54) is 64.2 Å². The second kappa shape index (κ2) is 15.4. The van der Waals surface area contributed by atoms with Crippen molar-refractivity contribution in [2.75, 3.05) is 6.61 Å². The van der Waals surface area contributed by atoms with E-state index in [1.807, 2.05) is 0 Å². The molecule has 45 heavy (non-hydrogen) atoms. The minimum atomic E-state index is -1.51. The quantitative estimate of drug-likeness (QED) is 0.162. The smallest absolute Gasteiger partial charge is 0.0598 e. The largest absolute Gasteiger partial charge is 0.376 e. The lowest BCUT2D eigenvalue weighted by Crippen LogP contribution is -2.50. The van der Waals surface area contributed by atoms with E-state index in [0.29, 0.717) is 0 Å². The van der Waals surface area contributed by atoms with Gasteiger partial charge in [-0.2, -0.15) is 0 Å². The van der Waals surface area contributed by atoms with Crippen LogP contribution in [0.2, 0.25) is 23.7 Å². The van der Waals surface area contributed by atoms with Crippen LogP contribution in [0.15, 0.2) is 0 Å². The van der Waals surface area contributed by atoms with Gasteiger partial charge in [0.2, 0.25) is 0 Å². The monoisotopic (exact) mass is 639 g/mol. The summed E-state index contributed by atoms with van der Waals surface area (Å²) in [7, 11) is -1.51. The van der Waals surface area contributed by atoms with Gasteiger partial charge in [-0.3, -0.25) is 0 Å². The second-order valence-corrected chi connectivity index (χ2v) is 24.6. The maximum atomic E-state index is 6.11. The first-order valence-electron chi connectivity index (χ1n) is 21.3. The fourth-order valence-corrected chi connectivity index (χ4v) is 22.5. The normalized spacial score (nSPS) is 41.5. The first-order chi connectivity index (χ1) is 21.7. The lowest BCUT2D eigenvalue weighted by Gasteiger charge is -2.52. The summed E-state index contributed by atoms with van der Waals surface area (Å²) in [5, 5.41) is 0. The van der Waals surface area contributed by atoms with Crippen molar-refractivity contribution in [3.05, 3.63) is 0 Å². The molecule has 0 aromatic heterocycles. The molecule has 0 amide bonds. The van der Waals surface area contributed by atoms with Crippen LogP contribution in [0.25, 0.3) is 0 Å². The summed E-state index contributed by atoms with van der Waals surface area (Å²) in [6, 6.07) is 1.66. The molecule has 6 fully saturated rings. The fraction of sp³-hybridized carbons (Fsp3) is 1.00. The van der Waals surface area contributed by atoms with Crippen LogP contribution in [0.4, 0.5) is 0 Å². The van der Waals surface area contributed by atoms with Crippen molar-refractivity contribution in [3.8, 4) is 0 Å². The summed E-state index contributed by atoms with van der Waals surface area (Å²) >= 11 is 0. The zero-order chi connectivity index (χ0) is 31.6. The number of unbranched alkanes of at least 4 members (excludes halogenated alkanes) is 3. The van der Waals surface area contributed by atoms with Gasteiger partial charge in [0, 0.05) is 6.61 Å². The van der Waals surface area contributed by atoms with Crippen LogP contribution < -0.4 is 0 Å². The molecule has 0 bridgehead atoms. The molecule has 2 heteroatoms. The molecular formula is C43H78OSi. The van der Waals surface area contributed by atoms with Gasteiger partial charge < -0.3 is 4.74 Å². The zero-order valence-corrected chi connectivity index (χ0v) is 32.3. The van der Waals surface area contributed by atoms with E-state index >= 15 is 0 Å². The second-order valence-electron chi connectivity index (χ2n) is 19.7. The summed E-state index contributed by atoms with van der Waals surface area (Å²) in [6.07, 6.45) is 33.9. The van der Waals surface area contributed by atoms with Crippen LogP contribution in [0.5, 0.6) is 0 Å². The lowest BCUT2D eigenvalue weighted by atomic mass is 9.65. The Balaban J connectivity index is 1.22. The van der Waals surface area contributed by atoms with Crippen molar-refractivity contribution >= 4 is 8.07 Å². The Hall–Kier alpha value is 0.177. The minimum Gasteiger partial charge on any atom is -0.376 e. The van der Waals surface area contributed by atoms with Gasteiger partial charge in [-0.25, -0.2) is 0 Å². The summed E-state index contributed by atoms with van der Waals surface area (Å²) in [6.45, 7) is 16.3. The Morgan fingerprint density at radius 3 is 1.42 bits per heavy atom. The maximum Gasteiger partial charge on any atom is 0.0598 e. The van der Waals surface area contributed by atoms with Crippen LogP contribution in [0.3, 0.4) is 0 Å². The molecule has 0 aromatic rings. The highest BCUT2D eigenvalue weighted by atomic mass is 28.3. The first-order valence-corrected chi connectivity index (χ1v) is 24.2. The van der Waals surface area contributed by atoms with Crippen LogP contribution in [0.1, 0.15) is 176 Å². The molecule has 6 saturated carbocycles. The molecule has 0 aromatic carbocycles. The molecule has 6 aliphatic carbocycles. The molecule has 0 aliphatic heterocycles. The number of hydrogen-bond donors (Lipinski definition) is 0. The van der Waals surface area contributed by atoms with Gasteiger partial charge in [-0.05, 0) is 123 Å². The molecule has 0 saturated heterocycles. The molecule has 10 atom stereocenters. The lowest BCUT2D eigenvalue weighted by molar-refractivity contribution is -0.00471. The van der Waals surface area contributed by atoms with E-state index in [1.54, 1.807) is 83.1 Å². The van der Waals surface area contributed by atoms with Crippen molar-refractivity contribution < 1.29 is 4.74 Å². The Morgan fingerprint density at radius 1 is 0.511 bits per heavy atom. The highest BCUT2D eigenvalue weighted by Crippen LogP contribution is 2.68. The molecule has 0 radical (unpaired) electrons. The van der Waals surface area contributed by atoms with Gasteiger partial charge in [0.1, 0.15) is 0 Å². The summed E-state index contributed by atoms with van der Waals surface area (Å²) < 4.78 is 6.11. The van der Waals surface area contributed by atoms with Gasteiger partial charge in [-0.1, -0.05) is 136 Å². The Morgan fingerprint density at radius 2 is 0.956 bits per heavy atom. The Bertz CT molecular complexity index is 838. The third-order valence-corrected chi connectivity index (χ3v) is 22.4. The molecule has 0 heterocycles. The van der Waals surface area contributed by atoms with Crippen molar-refractivity contribution in [2.24, 2.45) is 59.2 Å². The van der Waals surface area contributed by atoms with Crippen LogP contribution >= 0.6 is 0 Å². The third-order valence-electron chi connectivity index (χ3n) is 16.0. The summed E-state index contributed by atoms with van der Waals surface area (Å²) in [5.74, 6) is 10.8. The average Bonchev–Trinajstić information content (AvgIpc) is 3.56. The predicted molar refractivity (Wildman–Crippen MR) is 197 cm³/mol. The highest BCUT2D eigenvalue weighted by Gasteiger charge is 2.61. The maximum absolute atomic E-state index is 6.11. The molecule has 0 N–H and O–H groups in total. The van der Waals surface area contributed by atoms with E-state index in [9.17, 15) is 0 Å². The number of fused-ring (bicyclic) bond motifs is 2. The predicted octanol–water partition coefficient (Wildman–Crippen LogP) is 13.5. The minimum absolute atomic E-state index is 0.0146. The molecular weight excluding hydrogens is 561 g/mol. The van der Waals surface area contributed by atoms with E-state index in [-0.39, 0.29) is 5.60 Å². The van der Waals surface area contributed by atoms with Crippen molar-refractivity contribution in [1.82, 2.24) is 0 Å². The fourth-order valence-electron chi connectivity index (χ4n) is 14.7. The van der Waals surface area contributed by atoms with E-state index in [2.05, 4.69) is 41.2 Å². The van der Waals surface area contributed by atoms with Crippen LogP contribution in [-0.2, 0) is 4.74 Å². The Kier molecular flexibility index (Phi) is 12.0. The van der Waals surface area contributed by atoms with Gasteiger partial charge in [0.05, 0.1) is 13.7 Å². The van der Waals surface area contributed by atoms with Gasteiger partial charge in [-0.15, -0.1) is 0 Å². The van der Waals surface area contributed by atoms with Crippen molar-refractivity contribution in [3.63, 3.8) is 0 Å². The van der Waals surface area contributed by atoms with Crippen LogP contribution in [-0.4, -0.2) is 20.3 Å². The van der Waals surface area contributed by atoms with Crippen LogP contribution in [0, 0.1) is 59.2 Å². The van der Waals surface area contributed by atoms with E-state index in [4.69, 9.17) is 4.74 Å². The molecule has 6 aliphatic rings. The zero-order valence-electron chi connectivity index (χ0n) is 31.3. The Labute approximate surface area is 283 Å². The molecule has 10 unspecified atom stereocenters. The summed E-state index contributed by atoms with van der Waals surface area (Å²) in [4.78, 5) is 0. The van der Waals surface area contributed by atoms with Gasteiger partial charge >= 0.3 is 0 Å². The molecule has 6 rings (SSSR count). The summed E-state index contributed by atoms with van der Waals surface area (Å²) in [5.41, 5.74) is 2.26. The van der Waals surface area contributed by atoms with E-state index < -0.39 is 8.07 Å². The highest BCUT2D eigenvalue weighted by molar-refractivity contribution is 6.81. The van der Waals surface area contributed by atoms with Gasteiger partial charge in [0.15, 0.2) is 0 Å². The molecule has 260 valence electrons. The van der Waals surface area contributed by atoms with Gasteiger partial charge in [0.25, 0.3) is 0 Å². The number of hydrogen-bond acceptors (Lipinski definition) is 1. The first kappa shape index (κ1) is 35.0. The average molecular weight is 639 g/mol.